The largest absolute Gasteiger partial charge is 0.491 e. The van der Waals surface area contributed by atoms with Crippen molar-refractivity contribution in [1.29, 1.82) is 0 Å². The minimum absolute atomic E-state index is 0.265. The lowest BCUT2D eigenvalue weighted by molar-refractivity contribution is -0.188. The molecule has 15 heteroatoms. The van der Waals surface area contributed by atoms with Gasteiger partial charge in [0.1, 0.15) is 37.7 Å². The number of anilines is 2. The van der Waals surface area contributed by atoms with Gasteiger partial charge in [-0.25, -0.2) is 14.5 Å². The van der Waals surface area contributed by atoms with Gasteiger partial charge in [0.2, 0.25) is 11.7 Å². The Balaban J connectivity index is 0.958. The van der Waals surface area contributed by atoms with Gasteiger partial charge in [0.05, 0.1) is 18.0 Å². The Labute approximate surface area is 291 Å². The van der Waals surface area contributed by atoms with E-state index in [2.05, 4.69) is 32.0 Å². The van der Waals surface area contributed by atoms with E-state index in [-0.39, 0.29) is 11.7 Å². The molecule has 2 aliphatic rings. The molecular weight excluding hydrogens is 659 g/mol. The second kappa shape index (κ2) is 13.2. The van der Waals surface area contributed by atoms with Crippen LogP contribution in [0.5, 0.6) is 5.75 Å². The van der Waals surface area contributed by atoms with Crippen LogP contribution in [0.2, 0.25) is 0 Å². The summed E-state index contributed by atoms with van der Waals surface area (Å²) in [5.41, 5.74) is 2.16. The first-order chi connectivity index (χ1) is 24.4. The van der Waals surface area contributed by atoms with Crippen molar-refractivity contribution in [2.45, 2.75) is 25.0 Å². The number of nitrogens with zero attached hydrogens (tertiary/aromatic N) is 9. The molecule has 2 atom stereocenters. The van der Waals surface area contributed by atoms with E-state index in [1.807, 2.05) is 64.5 Å². The Hall–Kier alpha value is -5.25. The maximum absolute atomic E-state index is 13.4. The van der Waals surface area contributed by atoms with Crippen molar-refractivity contribution < 1.29 is 14.2 Å². The quantitative estimate of drug-likeness (QED) is 0.211. The lowest BCUT2D eigenvalue weighted by Gasteiger charge is -2.37. The summed E-state index contributed by atoms with van der Waals surface area (Å²) in [6.07, 6.45) is 2.89. The molecule has 2 aromatic carbocycles. The van der Waals surface area contributed by atoms with Crippen LogP contribution in [0, 0.1) is 0 Å². The van der Waals surface area contributed by atoms with E-state index in [0.29, 0.717) is 56.5 Å². The molecule has 0 N–H and O–H groups in total. The van der Waals surface area contributed by atoms with Gasteiger partial charge >= 0.3 is 5.69 Å². The summed E-state index contributed by atoms with van der Waals surface area (Å²) in [5, 5.41) is 6.26. The third-order valence-corrected chi connectivity index (χ3v) is 10.3. The number of hydrogen-bond acceptors (Lipinski definition) is 11. The SMILES string of the molecule is Cn1c(=O)c2c(nc(N3CCN(c4cccc(OC[C@@H]5CO[C@@](Cn6cncn6)(c6cccs6)O5)c4)CC3)n2Cc2ccccc2)n(C)c1=O. The summed E-state index contributed by atoms with van der Waals surface area (Å²) < 4.78 is 25.3. The fourth-order valence-corrected chi connectivity index (χ4v) is 7.49. The Bertz CT molecular complexity index is 2210. The molecule has 4 aromatic heterocycles. The molecule has 0 unspecified atom stereocenters. The fourth-order valence-electron chi connectivity index (χ4n) is 6.68. The van der Waals surface area contributed by atoms with Crippen LogP contribution in [0.15, 0.2) is 94.4 Å². The highest BCUT2D eigenvalue weighted by Gasteiger charge is 2.45. The van der Waals surface area contributed by atoms with Gasteiger partial charge in [-0.1, -0.05) is 42.5 Å². The first-order valence-corrected chi connectivity index (χ1v) is 17.4. The van der Waals surface area contributed by atoms with E-state index in [1.54, 1.807) is 29.4 Å². The molecule has 14 nitrogen and oxygen atoms in total. The van der Waals surface area contributed by atoms with Gasteiger partial charge in [-0.3, -0.25) is 18.5 Å². The minimum Gasteiger partial charge on any atom is -0.491 e. The van der Waals surface area contributed by atoms with Crippen molar-refractivity contribution in [2.75, 3.05) is 49.2 Å². The molecule has 0 radical (unpaired) electrons. The smallest absolute Gasteiger partial charge is 0.332 e. The van der Waals surface area contributed by atoms with Gasteiger partial charge in [-0.15, -0.1) is 11.3 Å². The number of fused-ring (bicyclic) bond motifs is 1. The molecule has 0 amide bonds. The van der Waals surface area contributed by atoms with Crippen LogP contribution in [0.3, 0.4) is 0 Å². The first kappa shape index (κ1) is 32.0. The third-order valence-electron chi connectivity index (χ3n) is 9.29. The summed E-state index contributed by atoms with van der Waals surface area (Å²) in [7, 11) is 3.17. The van der Waals surface area contributed by atoms with E-state index in [0.717, 1.165) is 39.5 Å². The number of ether oxygens (including phenoxy) is 3. The molecule has 8 rings (SSSR count). The number of benzene rings is 2. The van der Waals surface area contributed by atoms with Crippen LogP contribution in [-0.2, 0) is 42.4 Å². The first-order valence-electron chi connectivity index (χ1n) is 16.5. The summed E-state index contributed by atoms with van der Waals surface area (Å²) in [4.78, 5) is 40.6. The summed E-state index contributed by atoms with van der Waals surface area (Å²) >= 11 is 1.58. The third kappa shape index (κ3) is 5.97. The lowest BCUT2D eigenvalue weighted by atomic mass is 10.2. The van der Waals surface area contributed by atoms with Crippen LogP contribution in [0.4, 0.5) is 11.6 Å². The summed E-state index contributed by atoms with van der Waals surface area (Å²) in [5.74, 6) is 0.487. The van der Waals surface area contributed by atoms with E-state index in [9.17, 15) is 9.59 Å². The Morgan fingerprint density at radius 1 is 0.960 bits per heavy atom. The normalized spacial score (nSPS) is 19.4. The number of aromatic nitrogens is 7. The zero-order valence-corrected chi connectivity index (χ0v) is 28.6. The standard InChI is InChI=1S/C35H37N9O5S/c1-39-31-30(32(45)40(2)34(39)46)44(19-25-8-4-3-5-9-25)33(38-31)42-15-13-41(14-16-42)26-10-6-11-27(18-26)47-20-28-21-48-35(49-28,29-12-7-17-50-29)22-43-24-36-23-37-43/h3-12,17-18,23-24,28H,13-16,19-22H2,1-2H3/t28-,35-/m1/s1. The van der Waals surface area contributed by atoms with Crippen LogP contribution in [0.1, 0.15) is 10.4 Å². The van der Waals surface area contributed by atoms with E-state index in [4.69, 9.17) is 19.2 Å². The minimum atomic E-state index is -0.944. The van der Waals surface area contributed by atoms with Gasteiger partial charge in [-0.05, 0) is 29.1 Å². The molecule has 6 heterocycles. The molecule has 258 valence electrons. The second-order valence-corrected chi connectivity index (χ2v) is 13.5. The predicted octanol–water partition coefficient (Wildman–Crippen LogP) is 2.81. The molecular formula is C35H37N9O5S. The topological polar surface area (TPSA) is 127 Å². The number of imidazole rings is 1. The van der Waals surface area contributed by atoms with E-state index < -0.39 is 11.5 Å². The maximum Gasteiger partial charge on any atom is 0.332 e. The van der Waals surface area contributed by atoms with Gasteiger partial charge in [-0.2, -0.15) is 10.1 Å². The monoisotopic (exact) mass is 695 g/mol. The zero-order valence-electron chi connectivity index (χ0n) is 27.8. The van der Waals surface area contributed by atoms with Crippen molar-refractivity contribution in [3.05, 3.63) is 116 Å². The van der Waals surface area contributed by atoms with Crippen molar-refractivity contribution in [3.8, 4) is 5.75 Å². The molecule has 6 aromatic rings. The Morgan fingerprint density at radius 3 is 2.54 bits per heavy atom. The molecule has 0 spiro atoms. The molecule has 2 saturated heterocycles. The van der Waals surface area contributed by atoms with Crippen LogP contribution in [-0.4, -0.2) is 78.9 Å². The van der Waals surface area contributed by atoms with Crippen molar-refractivity contribution in [3.63, 3.8) is 0 Å². The average Bonchev–Trinajstić information content (AvgIpc) is 3.98. The number of aryl methyl sites for hydroxylation is 1. The van der Waals surface area contributed by atoms with Crippen molar-refractivity contribution in [2.24, 2.45) is 14.1 Å². The Kier molecular flexibility index (Phi) is 8.46. The highest BCUT2D eigenvalue weighted by Crippen LogP contribution is 2.38. The molecule has 2 fully saturated rings. The van der Waals surface area contributed by atoms with Gasteiger partial charge < -0.3 is 24.0 Å². The maximum atomic E-state index is 13.4. The number of thiophene rings is 1. The fraction of sp³-hybridized carbons (Fsp3) is 0.343. The molecule has 0 saturated carbocycles. The average molecular weight is 696 g/mol. The van der Waals surface area contributed by atoms with E-state index >= 15 is 0 Å². The molecule has 0 bridgehead atoms. The highest BCUT2D eigenvalue weighted by molar-refractivity contribution is 7.10. The molecule has 2 aliphatic heterocycles. The zero-order chi connectivity index (χ0) is 34.2. The van der Waals surface area contributed by atoms with Crippen molar-refractivity contribution >= 4 is 34.1 Å². The molecule has 50 heavy (non-hydrogen) atoms. The van der Waals surface area contributed by atoms with Crippen LogP contribution >= 0.6 is 11.3 Å². The predicted molar refractivity (Wildman–Crippen MR) is 189 cm³/mol. The second-order valence-electron chi connectivity index (χ2n) is 12.5. The van der Waals surface area contributed by atoms with Crippen molar-refractivity contribution in [1.82, 2.24) is 33.4 Å². The number of piperazine rings is 1. The van der Waals surface area contributed by atoms with Crippen LogP contribution < -0.4 is 25.8 Å². The summed E-state index contributed by atoms with van der Waals surface area (Å²) in [6.45, 7) is 4.42. The molecule has 0 aliphatic carbocycles. The number of rotatable bonds is 10. The number of hydrogen-bond donors (Lipinski definition) is 0. The van der Waals surface area contributed by atoms with E-state index in [1.165, 1.54) is 17.9 Å². The Morgan fingerprint density at radius 2 is 1.78 bits per heavy atom. The van der Waals surface area contributed by atoms with Gasteiger partial charge in [0.15, 0.2) is 11.2 Å². The van der Waals surface area contributed by atoms with Crippen LogP contribution in [0.25, 0.3) is 11.2 Å². The summed E-state index contributed by atoms with van der Waals surface area (Å²) in [6, 6.07) is 22.1. The lowest BCUT2D eigenvalue weighted by Crippen LogP contribution is -2.47. The highest BCUT2D eigenvalue weighted by atomic mass is 32.1. The van der Waals surface area contributed by atoms with Gasteiger partial charge in [0, 0.05) is 52.0 Å². The van der Waals surface area contributed by atoms with Gasteiger partial charge in [0.25, 0.3) is 5.56 Å².